The van der Waals surface area contributed by atoms with E-state index in [1.165, 1.54) is 0 Å². The molecule has 0 fully saturated rings. The summed E-state index contributed by atoms with van der Waals surface area (Å²) in [5.41, 5.74) is 2.17. The van der Waals surface area contributed by atoms with Gasteiger partial charge in [-0.15, -0.1) is 0 Å². The third kappa shape index (κ3) is 6.05. The fourth-order valence-electron chi connectivity index (χ4n) is 2.41. The van der Waals surface area contributed by atoms with Gasteiger partial charge in [0.1, 0.15) is 18.4 Å². The molecule has 1 atom stereocenters. The molecule has 4 nitrogen and oxygen atoms in total. The summed E-state index contributed by atoms with van der Waals surface area (Å²) in [5.74, 6) is 0.0228. The maximum atomic E-state index is 11.2. The average Bonchev–Trinajstić information content (AvgIpc) is 2.61. The minimum absolute atomic E-state index is 0.487. The van der Waals surface area contributed by atoms with Crippen molar-refractivity contribution in [3.05, 3.63) is 65.7 Å². The maximum Gasteiger partial charge on any atom is 0.320 e. The Morgan fingerprint density at radius 1 is 1.08 bits per heavy atom. The summed E-state index contributed by atoms with van der Waals surface area (Å²) >= 11 is 0. The largest absolute Gasteiger partial charge is 0.489 e. The molecule has 0 saturated carbocycles. The smallest absolute Gasteiger partial charge is 0.320 e. The minimum Gasteiger partial charge on any atom is -0.489 e. The Morgan fingerprint density at radius 3 is 2.42 bits per heavy atom. The van der Waals surface area contributed by atoms with Gasteiger partial charge in [0.2, 0.25) is 0 Å². The van der Waals surface area contributed by atoms with Crippen molar-refractivity contribution >= 4 is 5.97 Å². The number of unbranched alkanes of at least 4 members (excludes halogenated alkanes) is 1. The monoisotopic (exact) mass is 327 g/mol. The number of hydrogen-bond acceptors (Lipinski definition) is 3. The van der Waals surface area contributed by atoms with E-state index in [0.717, 1.165) is 29.7 Å². The molecule has 0 spiro atoms. The number of ether oxygens (including phenoxy) is 1. The van der Waals surface area contributed by atoms with E-state index in [0.29, 0.717) is 19.6 Å². The molecule has 2 aromatic carbocycles. The topological polar surface area (TPSA) is 58.6 Å². The second-order valence-electron chi connectivity index (χ2n) is 5.83. The predicted molar refractivity (Wildman–Crippen MR) is 95.0 cm³/mol. The zero-order valence-corrected chi connectivity index (χ0v) is 14.1. The Bertz CT molecular complexity index is 611. The van der Waals surface area contributed by atoms with Crippen LogP contribution < -0.4 is 10.1 Å². The Hall–Kier alpha value is -2.33. The Balaban J connectivity index is 1.81. The van der Waals surface area contributed by atoms with Crippen LogP contribution in [0, 0.1) is 0 Å². The molecule has 0 aliphatic carbocycles. The lowest BCUT2D eigenvalue weighted by Crippen LogP contribution is -2.36. The molecule has 128 valence electrons. The molecule has 0 radical (unpaired) electrons. The van der Waals surface area contributed by atoms with E-state index in [1.54, 1.807) is 0 Å². The van der Waals surface area contributed by atoms with Gasteiger partial charge < -0.3 is 15.2 Å². The molecule has 0 saturated heterocycles. The fourth-order valence-corrected chi connectivity index (χ4v) is 2.41. The molecule has 0 aliphatic heterocycles. The van der Waals surface area contributed by atoms with Crippen LogP contribution in [0.25, 0.3) is 0 Å². The SMILES string of the molecule is CCCCC(NCc1ccc(OCc2ccccc2)cc1)C(=O)O. The summed E-state index contributed by atoms with van der Waals surface area (Å²) in [6.45, 7) is 3.14. The summed E-state index contributed by atoms with van der Waals surface area (Å²) in [6.07, 6.45) is 2.57. The molecule has 4 heteroatoms. The van der Waals surface area contributed by atoms with Crippen molar-refractivity contribution in [1.82, 2.24) is 5.32 Å². The lowest BCUT2D eigenvalue weighted by atomic mass is 10.1. The van der Waals surface area contributed by atoms with Crippen LogP contribution in [0.4, 0.5) is 0 Å². The number of carboxylic acids is 1. The molecular formula is C20H25NO3. The van der Waals surface area contributed by atoms with Crippen molar-refractivity contribution in [3.8, 4) is 5.75 Å². The number of nitrogens with one attached hydrogen (secondary N) is 1. The second-order valence-corrected chi connectivity index (χ2v) is 5.83. The molecule has 24 heavy (non-hydrogen) atoms. The molecule has 2 rings (SSSR count). The number of aliphatic carboxylic acids is 1. The predicted octanol–water partition coefficient (Wildman–Crippen LogP) is 4.00. The number of hydrogen-bond donors (Lipinski definition) is 2. The molecule has 2 N–H and O–H groups in total. The molecule has 1 unspecified atom stereocenters. The van der Waals surface area contributed by atoms with Crippen LogP contribution in [0.2, 0.25) is 0 Å². The first-order valence-corrected chi connectivity index (χ1v) is 8.41. The number of carboxylic acid groups (broad SMARTS) is 1. The van der Waals surface area contributed by atoms with Gasteiger partial charge in [0.25, 0.3) is 0 Å². The van der Waals surface area contributed by atoms with Crippen LogP contribution in [0.3, 0.4) is 0 Å². The van der Waals surface area contributed by atoms with E-state index in [1.807, 2.05) is 54.6 Å². The third-order valence-electron chi connectivity index (χ3n) is 3.87. The van der Waals surface area contributed by atoms with E-state index in [4.69, 9.17) is 4.74 Å². The first kappa shape index (κ1) is 18.0. The lowest BCUT2D eigenvalue weighted by molar-refractivity contribution is -0.139. The summed E-state index contributed by atoms with van der Waals surface area (Å²) in [7, 11) is 0. The van der Waals surface area contributed by atoms with Gasteiger partial charge in [-0.1, -0.05) is 62.2 Å². The van der Waals surface area contributed by atoms with Crippen molar-refractivity contribution in [3.63, 3.8) is 0 Å². The van der Waals surface area contributed by atoms with Crippen molar-refractivity contribution in [1.29, 1.82) is 0 Å². The van der Waals surface area contributed by atoms with E-state index in [9.17, 15) is 9.90 Å². The van der Waals surface area contributed by atoms with Crippen LogP contribution in [-0.2, 0) is 17.9 Å². The van der Waals surface area contributed by atoms with Gasteiger partial charge in [-0.2, -0.15) is 0 Å². The van der Waals surface area contributed by atoms with Gasteiger partial charge in [0.15, 0.2) is 0 Å². The maximum absolute atomic E-state index is 11.2. The van der Waals surface area contributed by atoms with E-state index in [2.05, 4.69) is 12.2 Å². The molecule has 2 aromatic rings. The fraction of sp³-hybridized carbons (Fsp3) is 0.350. The highest BCUT2D eigenvalue weighted by Gasteiger charge is 2.15. The van der Waals surface area contributed by atoms with Crippen LogP contribution >= 0.6 is 0 Å². The minimum atomic E-state index is -0.786. The summed E-state index contributed by atoms with van der Waals surface area (Å²) in [6, 6.07) is 17.3. The highest BCUT2D eigenvalue weighted by atomic mass is 16.5. The Labute approximate surface area is 143 Å². The quantitative estimate of drug-likeness (QED) is 0.692. The molecule has 0 aromatic heterocycles. The molecule has 0 aliphatic rings. The van der Waals surface area contributed by atoms with Gasteiger partial charge >= 0.3 is 5.97 Å². The molecule has 0 amide bonds. The van der Waals surface area contributed by atoms with Crippen molar-refractivity contribution < 1.29 is 14.6 Å². The number of benzene rings is 2. The van der Waals surface area contributed by atoms with Gasteiger partial charge in [-0.3, -0.25) is 4.79 Å². The van der Waals surface area contributed by atoms with E-state index < -0.39 is 12.0 Å². The van der Waals surface area contributed by atoms with Gasteiger partial charge in [0.05, 0.1) is 0 Å². The zero-order valence-electron chi connectivity index (χ0n) is 14.1. The molecular weight excluding hydrogens is 302 g/mol. The van der Waals surface area contributed by atoms with Gasteiger partial charge in [0, 0.05) is 6.54 Å². The highest BCUT2D eigenvalue weighted by molar-refractivity contribution is 5.73. The molecule has 0 bridgehead atoms. The lowest BCUT2D eigenvalue weighted by Gasteiger charge is -2.14. The standard InChI is InChI=1S/C20H25NO3/c1-2-3-9-19(20(22)23)21-14-16-10-12-18(13-11-16)24-15-17-7-5-4-6-8-17/h4-8,10-13,19,21H,2-3,9,14-15H2,1H3,(H,22,23). The van der Waals surface area contributed by atoms with Crippen molar-refractivity contribution in [2.24, 2.45) is 0 Å². The molecule has 0 heterocycles. The average molecular weight is 327 g/mol. The zero-order chi connectivity index (χ0) is 17.2. The highest BCUT2D eigenvalue weighted by Crippen LogP contribution is 2.14. The normalized spacial score (nSPS) is 11.9. The summed E-state index contributed by atoms with van der Waals surface area (Å²) in [4.78, 5) is 11.2. The first-order chi connectivity index (χ1) is 11.7. The van der Waals surface area contributed by atoms with Gasteiger partial charge in [-0.25, -0.2) is 0 Å². The van der Waals surface area contributed by atoms with Crippen molar-refractivity contribution in [2.75, 3.05) is 0 Å². The van der Waals surface area contributed by atoms with E-state index in [-0.39, 0.29) is 0 Å². The van der Waals surface area contributed by atoms with Gasteiger partial charge in [-0.05, 0) is 29.7 Å². The van der Waals surface area contributed by atoms with Crippen LogP contribution in [0.5, 0.6) is 5.75 Å². The third-order valence-corrected chi connectivity index (χ3v) is 3.87. The Morgan fingerprint density at radius 2 is 1.79 bits per heavy atom. The summed E-state index contributed by atoms with van der Waals surface area (Å²) in [5, 5.41) is 12.3. The number of rotatable bonds is 10. The first-order valence-electron chi connectivity index (χ1n) is 8.41. The number of carbonyl (C=O) groups is 1. The Kier molecular flexibility index (Phi) is 7.30. The van der Waals surface area contributed by atoms with Crippen LogP contribution in [-0.4, -0.2) is 17.1 Å². The summed E-state index contributed by atoms with van der Waals surface area (Å²) < 4.78 is 5.75. The van der Waals surface area contributed by atoms with Crippen molar-refractivity contribution in [2.45, 2.75) is 45.4 Å². The van der Waals surface area contributed by atoms with Crippen LogP contribution in [0.15, 0.2) is 54.6 Å². The van der Waals surface area contributed by atoms with E-state index >= 15 is 0 Å². The van der Waals surface area contributed by atoms with Crippen LogP contribution in [0.1, 0.15) is 37.3 Å². The second kappa shape index (κ2) is 9.73.